The van der Waals surface area contributed by atoms with E-state index in [1.807, 2.05) is 24.3 Å². The Balaban J connectivity index is 2.48. The Morgan fingerprint density at radius 3 is 2.33 bits per heavy atom. The quantitative estimate of drug-likeness (QED) is 0.732. The molecule has 0 atom stereocenters. The van der Waals surface area contributed by atoms with Crippen molar-refractivity contribution in [3.05, 3.63) is 63.6 Å². The molecule has 0 aromatic heterocycles. The second-order valence-electron chi connectivity index (χ2n) is 5.97. The Labute approximate surface area is 134 Å². The third-order valence-corrected chi connectivity index (χ3v) is 4.01. The van der Waals surface area contributed by atoms with E-state index in [-0.39, 0.29) is 11.2 Å². The van der Waals surface area contributed by atoms with E-state index in [0.717, 1.165) is 21.3 Å². The van der Waals surface area contributed by atoms with Gasteiger partial charge in [0.1, 0.15) is 5.75 Å². The molecule has 0 saturated heterocycles. The van der Waals surface area contributed by atoms with E-state index >= 15 is 0 Å². The van der Waals surface area contributed by atoms with Crippen LogP contribution in [-0.4, -0.2) is 12.9 Å². The highest BCUT2D eigenvalue weighted by Gasteiger charge is 2.22. The number of carbonyl (C=O) groups excluding carboxylic acids is 1. The van der Waals surface area contributed by atoms with Crippen LogP contribution >= 0.6 is 15.9 Å². The summed E-state index contributed by atoms with van der Waals surface area (Å²) in [6, 6.07) is 13.2. The van der Waals surface area contributed by atoms with Crippen LogP contribution in [0.4, 0.5) is 0 Å². The van der Waals surface area contributed by atoms with Gasteiger partial charge in [0.15, 0.2) is 5.78 Å². The molecular weight excluding hydrogens is 328 g/mol. The Hall–Kier alpha value is -1.61. The molecule has 3 heteroatoms. The lowest BCUT2D eigenvalue weighted by Crippen LogP contribution is -2.17. The highest BCUT2D eigenvalue weighted by atomic mass is 79.9. The summed E-state index contributed by atoms with van der Waals surface area (Å²) in [6.45, 7) is 6.34. The van der Waals surface area contributed by atoms with E-state index < -0.39 is 0 Å². The van der Waals surface area contributed by atoms with Crippen LogP contribution < -0.4 is 4.74 Å². The number of hydrogen-bond donors (Lipinski definition) is 0. The minimum atomic E-state index is -0.0735. The monoisotopic (exact) mass is 346 g/mol. The molecule has 0 unspecified atom stereocenters. The van der Waals surface area contributed by atoms with Crippen LogP contribution in [0, 0.1) is 0 Å². The first kappa shape index (κ1) is 15.8. The van der Waals surface area contributed by atoms with Gasteiger partial charge in [-0.3, -0.25) is 4.79 Å². The summed E-state index contributed by atoms with van der Waals surface area (Å²) in [6.07, 6.45) is 0. The maximum absolute atomic E-state index is 12.8. The van der Waals surface area contributed by atoms with Crippen molar-refractivity contribution < 1.29 is 9.53 Å². The molecule has 0 amide bonds. The molecule has 2 aromatic rings. The molecule has 0 aliphatic carbocycles. The van der Waals surface area contributed by atoms with Crippen molar-refractivity contribution in [2.45, 2.75) is 26.2 Å². The summed E-state index contributed by atoms with van der Waals surface area (Å²) in [5.41, 5.74) is 2.39. The van der Waals surface area contributed by atoms with Crippen LogP contribution in [0.1, 0.15) is 42.3 Å². The smallest absolute Gasteiger partial charge is 0.193 e. The maximum atomic E-state index is 12.8. The lowest BCUT2D eigenvalue weighted by molar-refractivity contribution is 0.103. The number of rotatable bonds is 3. The molecule has 2 nitrogen and oxygen atoms in total. The molecule has 0 heterocycles. The number of benzene rings is 2. The van der Waals surface area contributed by atoms with Gasteiger partial charge in [0, 0.05) is 11.1 Å². The fraction of sp³-hybridized carbons (Fsp3) is 0.278. The van der Waals surface area contributed by atoms with Crippen molar-refractivity contribution in [1.29, 1.82) is 0 Å². The van der Waals surface area contributed by atoms with Gasteiger partial charge in [-0.1, -0.05) is 45.0 Å². The highest BCUT2D eigenvalue weighted by Crippen LogP contribution is 2.30. The number of halogens is 1. The largest absolute Gasteiger partial charge is 0.496 e. The summed E-state index contributed by atoms with van der Waals surface area (Å²) < 4.78 is 5.99. The van der Waals surface area contributed by atoms with Crippen molar-refractivity contribution >= 4 is 21.7 Å². The fourth-order valence-corrected chi connectivity index (χ4v) is 2.84. The maximum Gasteiger partial charge on any atom is 0.193 e. The Bertz CT molecular complexity index is 669. The predicted octanol–water partition coefficient (Wildman–Crippen LogP) is 4.99. The second-order valence-corrected chi connectivity index (χ2v) is 6.83. The van der Waals surface area contributed by atoms with Crippen LogP contribution in [0.5, 0.6) is 5.75 Å². The second kappa shape index (κ2) is 6.02. The molecular formula is C18H19BrO2. The number of ether oxygens (including phenoxy) is 1. The molecule has 21 heavy (non-hydrogen) atoms. The lowest BCUT2D eigenvalue weighted by atomic mass is 9.82. The van der Waals surface area contributed by atoms with Crippen LogP contribution in [0.3, 0.4) is 0 Å². The molecule has 0 spiro atoms. The highest BCUT2D eigenvalue weighted by molar-refractivity contribution is 9.10. The molecule has 0 N–H and O–H groups in total. The molecule has 0 saturated carbocycles. The van der Waals surface area contributed by atoms with Gasteiger partial charge in [-0.2, -0.15) is 0 Å². The summed E-state index contributed by atoms with van der Waals surface area (Å²) in [5.74, 6) is 0.750. The van der Waals surface area contributed by atoms with E-state index in [2.05, 4.69) is 36.7 Å². The van der Waals surface area contributed by atoms with Gasteiger partial charge >= 0.3 is 0 Å². The average molecular weight is 347 g/mol. The van der Waals surface area contributed by atoms with Gasteiger partial charge in [-0.15, -0.1) is 0 Å². The van der Waals surface area contributed by atoms with Gasteiger partial charge < -0.3 is 4.74 Å². The minimum absolute atomic E-state index is 0.0314. The zero-order valence-corrected chi connectivity index (χ0v) is 14.3. The number of methoxy groups -OCH3 is 1. The zero-order chi connectivity index (χ0) is 15.6. The average Bonchev–Trinajstić information content (AvgIpc) is 2.45. The van der Waals surface area contributed by atoms with E-state index in [4.69, 9.17) is 4.74 Å². The summed E-state index contributed by atoms with van der Waals surface area (Å²) in [7, 11) is 1.61. The topological polar surface area (TPSA) is 26.3 Å². The molecule has 2 rings (SSSR count). The zero-order valence-electron chi connectivity index (χ0n) is 12.7. The Kier molecular flexibility index (Phi) is 4.52. The van der Waals surface area contributed by atoms with Gasteiger partial charge in [0.2, 0.25) is 0 Å². The molecule has 0 aliphatic heterocycles. The molecule has 2 aromatic carbocycles. The molecule has 0 fully saturated rings. The van der Waals surface area contributed by atoms with Crippen molar-refractivity contribution in [3.8, 4) is 5.75 Å². The standard InChI is InChI=1S/C18H19BrO2/c1-18(2,3)14-8-6-5-7-13(14)17(20)12-9-10-16(21-4)15(19)11-12/h5-11H,1-4H3. The van der Waals surface area contributed by atoms with Crippen LogP contribution in [-0.2, 0) is 5.41 Å². The molecule has 0 aliphatic rings. The van der Waals surface area contributed by atoms with Gasteiger partial charge in [-0.25, -0.2) is 0 Å². The normalized spacial score (nSPS) is 11.3. The first-order chi connectivity index (χ1) is 9.84. The Morgan fingerprint density at radius 2 is 1.76 bits per heavy atom. The van der Waals surface area contributed by atoms with E-state index in [0.29, 0.717) is 5.56 Å². The van der Waals surface area contributed by atoms with Crippen molar-refractivity contribution in [2.24, 2.45) is 0 Å². The fourth-order valence-electron chi connectivity index (χ4n) is 2.30. The minimum Gasteiger partial charge on any atom is -0.496 e. The third kappa shape index (κ3) is 3.35. The van der Waals surface area contributed by atoms with E-state index in [1.54, 1.807) is 25.3 Å². The Morgan fingerprint density at radius 1 is 1.10 bits per heavy atom. The van der Waals surface area contributed by atoms with Crippen molar-refractivity contribution in [1.82, 2.24) is 0 Å². The summed E-state index contributed by atoms with van der Waals surface area (Å²) >= 11 is 3.43. The number of carbonyl (C=O) groups is 1. The van der Waals surface area contributed by atoms with Gasteiger partial charge in [-0.05, 0) is 45.1 Å². The van der Waals surface area contributed by atoms with Crippen LogP contribution in [0.15, 0.2) is 46.9 Å². The van der Waals surface area contributed by atoms with Gasteiger partial charge in [0.05, 0.1) is 11.6 Å². The van der Waals surface area contributed by atoms with Crippen LogP contribution in [0.25, 0.3) is 0 Å². The van der Waals surface area contributed by atoms with Crippen LogP contribution in [0.2, 0.25) is 0 Å². The first-order valence-corrected chi connectivity index (χ1v) is 7.61. The van der Waals surface area contributed by atoms with Crippen molar-refractivity contribution in [3.63, 3.8) is 0 Å². The molecule has 0 bridgehead atoms. The number of ketones is 1. The van der Waals surface area contributed by atoms with Gasteiger partial charge in [0.25, 0.3) is 0 Å². The lowest BCUT2D eigenvalue weighted by Gasteiger charge is -2.22. The SMILES string of the molecule is COc1ccc(C(=O)c2ccccc2C(C)(C)C)cc1Br. The first-order valence-electron chi connectivity index (χ1n) is 6.82. The van der Waals surface area contributed by atoms with E-state index in [9.17, 15) is 4.79 Å². The number of hydrogen-bond acceptors (Lipinski definition) is 2. The molecule has 0 radical (unpaired) electrons. The van der Waals surface area contributed by atoms with E-state index in [1.165, 1.54) is 0 Å². The summed E-state index contributed by atoms with van der Waals surface area (Å²) in [5, 5.41) is 0. The van der Waals surface area contributed by atoms with Crippen molar-refractivity contribution in [2.75, 3.05) is 7.11 Å². The molecule has 110 valence electrons. The third-order valence-electron chi connectivity index (χ3n) is 3.39. The predicted molar refractivity (Wildman–Crippen MR) is 89.3 cm³/mol. The summed E-state index contributed by atoms with van der Waals surface area (Å²) in [4.78, 5) is 12.8.